The molecule has 3 heterocycles. The molecule has 0 fully saturated rings. The van der Waals surface area contributed by atoms with Crippen LogP contribution in [0.15, 0.2) is 47.4 Å². The van der Waals surface area contributed by atoms with Gasteiger partial charge in [0.1, 0.15) is 22.9 Å². The fourth-order valence-corrected chi connectivity index (χ4v) is 3.26. The largest absolute Gasteiger partial charge is 0.497 e. The van der Waals surface area contributed by atoms with Crippen molar-refractivity contribution in [2.45, 2.75) is 6.92 Å². The van der Waals surface area contributed by atoms with Crippen LogP contribution >= 0.6 is 0 Å². The Hall–Kier alpha value is -3.32. The van der Waals surface area contributed by atoms with Crippen LogP contribution in [0.1, 0.15) is 5.56 Å². The minimum Gasteiger partial charge on any atom is -0.497 e. The number of benzene rings is 1. The number of H-pyrrole nitrogens is 1. The molecule has 0 bridgehead atoms. The van der Waals surface area contributed by atoms with Crippen molar-refractivity contribution in [2.24, 2.45) is 0 Å². The Bertz CT molecular complexity index is 1210. The van der Waals surface area contributed by atoms with Crippen molar-refractivity contribution < 1.29 is 9.47 Å². The van der Waals surface area contributed by atoms with E-state index < -0.39 is 0 Å². The van der Waals surface area contributed by atoms with E-state index >= 15 is 0 Å². The van der Waals surface area contributed by atoms with E-state index in [4.69, 9.17) is 14.5 Å². The second-order valence-corrected chi connectivity index (χ2v) is 6.63. The van der Waals surface area contributed by atoms with Gasteiger partial charge in [0.25, 0.3) is 5.56 Å². The predicted molar refractivity (Wildman–Crippen MR) is 110 cm³/mol. The smallest absolute Gasteiger partial charge is 0.258 e. The summed E-state index contributed by atoms with van der Waals surface area (Å²) < 4.78 is 12.3. The summed E-state index contributed by atoms with van der Waals surface area (Å²) in [4.78, 5) is 20.5. The molecule has 0 saturated heterocycles. The topological polar surface area (TPSA) is 80.7 Å². The molecule has 4 aromatic rings. The van der Waals surface area contributed by atoms with Crippen molar-refractivity contribution in [3.8, 4) is 17.0 Å². The summed E-state index contributed by atoms with van der Waals surface area (Å²) >= 11 is 0. The van der Waals surface area contributed by atoms with E-state index in [1.165, 1.54) is 0 Å². The van der Waals surface area contributed by atoms with Crippen LogP contribution in [0.4, 0.5) is 5.82 Å². The number of rotatable bonds is 6. The molecule has 0 saturated carbocycles. The number of aromatic nitrogens is 3. The van der Waals surface area contributed by atoms with E-state index in [9.17, 15) is 4.79 Å². The summed E-state index contributed by atoms with van der Waals surface area (Å²) in [5.41, 5.74) is 3.54. The van der Waals surface area contributed by atoms with Gasteiger partial charge in [-0.3, -0.25) is 9.20 Å². The summed E-state index contributed by atoms with van der Waals surface area (Å²) in [7, 11) is 3.26. The van der Waals surface area contributed by atoms with Gasteiger partial charge >= 0.3 is 0 Å². The Morgan fingerprint density at radius 2 is 2.04 bits per heavy atom. The molecule has 0 spiro atoms. The molecule has 28 heavy (non-hydrogen) atoms. The lowest BCUT2D eigenvalue weighted by molar-refractivity contribution is 0.210. The first-order valence-electron chi connectivity index (χ1n) is 9.03. The normalized spacial score (nSPS) is 11.2. The quantitative estimate of drug-likeness (QED) is 0.504. The maximum atomic E-state index is 12.9. The first kappa shape index (κ1) is 18.1. The number of hydrogen-bond acceptors (Lipinski definition) is 5. The lowest BCUT2D eigenvalue weighted by Gasteiger charge is -2.09. The molecule has 0 unspecified atom stereocenters. The Labute approximate surface area is 161 Å². The average molecular weight is 378 g/mol. The average Bonchev–Trinajstić information content (AvgIpc) is 3.04. The van der Waals surface area contributed by atoms with Crippen molar-refractivity contribution in [1.82, 2.24) is 14.4 Å². The number of pyridine rings is 2. The van der Waals surface area contributed by atoms with E-state index in [2.05, 4.69) is 10.3 Å². The predicted octanol–water partition coefficient (Wildman–Crippen LogP) is 3.22. The summed E-state index contributed by atoms with van der Waals surface area (Å²) in [5, 5.41) is 4.26. The highest BCUT2D eigenvalue weighted by Gasteiger charge is 2.17. The number of fused-ring (bicyclic) bond motifs is 2. The van der Waals surface area contributed by atoms with Gasteiger partial charge in [-0.2, -0.15) is 0 Å². The maximum Gasteiger partial charge on any atom is 0.258 e. The highest BCUT2D eigenvalue weighted by molar-refractivity contribution is 5.86. The molecule has 0 aliphatic rings. The molecule has 0 aliphatic heterocycles. The number of ether oxygens (including phenoxy) is 2. The molecule has 0 atom stereocenters. The molecular formula is C21H22N4O3. The van der Waals surface area contributed by atoms with E-state index in [1.807, 2.05) is 53.9 Å². The fourth-order valence-electron chi connectivity index (χ4n) is 3.26. The Morgan fingerprint density at radius 1 is 1.18 bits per heavy atom. The van der Waals surface area contributed by atoms with Crippen LogP contribution in [-0.4, -0.2) is 41.7 Å². The van der Waals surface area contributed by atoms with Gasteiger partial charge < -0.3 is 19.8 Å². The second kappa shape index (κ2) is 7.36. The van der Waals surface area contributed by atoms with Gasteiger partial charge in [0, 0.05) is 25.9 Å². The van der Waals surface area contributed by atoms with Gasteiger partial charge in [-0.15, -0.1) is 0 Å². The van der Waals surface area contributed by atoms with Gasteiger partial charge in [0.15, 0.2) is 0 Å². The van der Waals surface area contributed by atoms with Crippen molar-refractivity contribution in [3.63, 3.8) is 0 Å². The Balaban J connectivity index is 1.90. The zero-order valence-corrected chi connectivity index (χ0v) is 16.1. The number of hydrogen-bond donors (Lipinski definition) is 2. The number of anilines is 1. The first-order chi connectivity index (χ1) is 13.6. The standard InChI is InChI=1S/C21H22N4O3/c1-13-6-8-25-18(10-13)24-19(20(25)22-7-9-27-2)16-11-14-4-5-15(28-3)12-17(14)23-21(16)26/h4-6,8,10-12,22H,7,9H2,1-3H3,(H,23,26). The summed E-state index contributed by atoms with van der Waals surface area (Å²) in [6, 6.07) is 11.5. The van der Waals surface area contributed by atoms with E-state index in [1.54, 1.807) is 14.2 Å². The minimum atomic E-state index is -0.198. The van der Waals surface area contributed by atoms with Gasteiger partial charge in [-0.05, 0) is 48.2 Å². The zero-order chi connectivity index (χ0) is 19.7. The molecule has 7 nitrogen and oxygen atoms in total. The highest BCUT2D eigenvalue weighted by Crippen LogP contribution is 2.29. The van der Waals surface area contributed by atoms with Crippen LogP contribution < -0.4 is 15.6 Å². The number of nitrogens with zero attached hydrogens (tertiary/aromatic N) is 2. The third kappa shape index (κ3) is 3.20. The first-order valence-corrected chi connectivity index (χ1v) is 9.03. The van der Waals surface area contributed by atoms with Crippen LogP contribution in [0.3, 0.4) is 0 Å². The third-order valence-corrected chi connectivity index (χ3v) is 4.69. The molecule has 0 radical (unpaired) electrons. The van der Waals surface area contributed by atoms with Crippen LogP contribution in [0.5, 0.6) is 5.75 Å². The van der Waals surface area contributed by atoms with Gasteiger partial charge in [0.05, 0.1) is 24.8 Å². The van der Waals surface area contributed by atoms with E-state index in [0.717, 1.165) is 27.9 Å². The van der Waals surface area contributed by atoms with E-state index in [-0.39, 0.29) is 5.56 Å². The highest BCUT2D eigenvalue weighted by atomic mass is 16.5. The van der Waals surface area contributed by atoms with Crippen molar-refractivity contribution in [3.05, 3.63) is 58.5 Å². The lowest BCUT2D eigenvalue weighted by Crippen LogP contribution is -2.13. The molecule has 4 rings (SSSR count). The van der Waals surface area contributed by atoms with Crippen molar-refractivity contribution >= 4 is 22.4 Å². The molecule has 144 valence electrons. The number of imidazole rings is 1. The van der Waals surface area contributed by atoms with Crippen LogP contribution in [0.25, 0.3) is 27.8 Å². The molecule has 0 aliphatic carbocycles. The monoisotopic (exact) mass is 378 g/mol. The number of methoxy groups -OCH3 is 2. The number of aromatic amines is 1. The molecule has 7 heteroatoms. The molecule has 2 N–H and O–H groups in total. The van der Waals surface area contributed by atoms with Crippen LogP contribution in [-0.2, 0) is 4.74 Å². The lowest BCUT2D eigenvalue weighted by atomic mass is 10.1. The third-order valence-electron chi connectivity index (χ3n) is 4.69. The summed E-state index contributed by atoms with van der Waals surface area (Å²) in [5.74, 6) is 1.46. The van der Waals surface area contributed by atoms with E-state index in [0.29, 0.717) is 30.2 Å². The molecule has 0 amide bonds. The maximum absolute atomic E-state index is 12.9. The SMILES string of the molecule is COCCNc1c(-c2cc3ccc(OC)cc3[nH]c2=O)nc2cc(C)ccn12. The number of nitrogens with one attached hydrogen (secondary N) is 2. The number of aryl methyl sites for hydroxylation is 1. The summed E-state index contributed by atoms with van der Waals surface area (Å²) in [6.45, 7) is 3.17. The van der Waals surface area contributed by atoms with Crippen molar-refractivity contribution in [1.29, 1.82) is 0 Å². The zero-order valence-electron chi connectivity index (χ0n) is 16.1. The molecular weight excluding hydrogens is 356 g/mol. The molecule has 3 aromatic heterocycles. The Morgan fingerprint density at radius 3 is 2.82 bits per heavy atom. The Kier molecular flexibility index (Phi) is 4.75. The summed E-state index contributed by atoms with van der Waals surface area (Å²) in [6.07, 6.45) is 1.95. The van der Waals surface area contributed by atoms with Crippen LogP contribution in [0, 0.1) is 6.92 Å². The van der Waals surface area contributed by atoms with Gasteiger partial charge in [-0.1, -0.05) is 0 Å². The fraction of sp³-hybridized carbons (Fsp3) is 0.238. The van der Waals surface area contributed by atoms with Gasteiger partial charge in [-0.25, -0.2) is 4.98 Å². The second-order valence-electron chi connectivity index (χ2n) is 6.63. The minimum absolute atomic E-state index is 0.198. The molecule has 1 aromatic carbocycles. The van der Waals surface area contributed by atoms with Crippen molar-refractivity contribution in [2.75, 3.05) is 32.7 Å². The van der Waals surface area contributed by atoms with Gasteiger partial charge in [0.2, 0.25) is 0 Å². The van der Waals surface area contributed by atoms with Crippen LogP contribution in [0.2, 0.25) is 0 Å².